The third kappa shape index (κ3) is 4.28. The maximum absolute atomic E-state index is 12.7. The quantitative estimate of drug-likeness (QED) is 0.853. The number of urea groups is 1. The number of carboxylic acids is 1. The van der Waals surface area contributed by atoms with Crippen LogP contribution in [-0.4, -0.2) is 35.1 Å². The summed E-state index contributed by atoms with van der Waals surface area (Å²) in [6.45, 7) is 7.25. The van der Waals surface area contributed by atoms with E-state index in [1.54, 1.807) is 4.90 Å². The zero-order chi connectivity index (χ0) is 17.7. The van der Waals surface area contributed by atoms with Crippen LogP contribution in [0.3, 0.4) is 0 Å². The second-order valence-corrected chi connectivity index (χ2v) is 6.84. The molecular weight excluding hydrogens is 304 g/mol. The van der Waals surface area contributed by atoms with Gasteiger partial charge in [0.15, 0.2) is 0 Å². The smallest absolute Gasteiger partial charge is 0.321 e. The number of nitrogens with zero attached hydrogens (tertiary/aromatic N) is 1. The number of para-hydroxylation sites is 1. The molecule has 1 heterocycles. The van der Waals surface area contributed by atoms with Crippen molar-refractivity contribution in [2.75, 3.05) is 18.4 Å². The minimum Gasteiger partial charge on any atom is -0.481 e. The van der Waals surface area contributed by atoms with Crippen molar-refractivity contribution < 1.29 is 14.7 Å². The second-order valence-electron chi connectivity index (χ2n) is 6.84. The molecule has 1 unspecified atom stereocenters. The van der Waals surface area contributed by atoms with E-state index in [0.717, 1.165) is 36.1 Å². The number of benzene rings is 1. The zero-order valence-electron chi connectivity index (χ0n) is 14.8. The van der Waals surface area contributed by atoms with Crippen molar-refractivity contribution in [1.29, 1.82) is 0 Å². The molecule has 132 valence electrons. The summed E-state index contributed by atoms with van der Waals surface area (Å²) in [6.07, 6.45) is 3.30. The van der Waals surface area contributed by atoms with Crippen LogP contribution in [0.15, 0.2) is 18.2 Å². The molecule has 1 aromatic carbocycles. The van der Waals surface area contributed by atoms with Crippen molar-refractivity contribution in [3.05, 3.63) is 29.3 Å². The van der Waals surface area contributed by atoms with Gasteiger partial charge in [0.25, 0.3) is 0 Å². The van der Waals surface area contributed by atoms with Gasteiger partial charge in [-0.05, 0) is 36.3 Å². The average molecular weight is 332 g/mol. The maximum atomic E-state index is 12.7. The Morgan fingerprint density at radius 3 is 2.75 bits per heavy atom. The number of hydrogen-bond acceptors (Lipinski definition) is 2. The summed E-state index contributed by atoms with van der Waals surface area (Å²) >= 11 is 0. The maximum Gasteiger partial charge on any atom is 0.321 e. The van der Waals surface area contributed by atoms with E-state index in [-0.39, 0.29) is 12.6 Å². The van der Waals surface area contributed by atoms with E-state index in [0.29, 0.717) is 18.9 Å². The first-order chi connectivity index (χ1) is 11.4. The van der Waals surface area contributed by atoms with Gasteiger partial charge in [0.2, 0.25) is 0 Å². The van der Waals surface area contributed by atoms with Gasteiger partial charge in [0.05, 0.1) is 5.92 Å². The third-order valence-corrected chi connectivity index (χ3v) is 4.61. The Balaban J connectivity index is 2.20. The molecule has 5 heteroatoms. The summed E-state index contributed by atoms with van der Waals surface area (Å²) in [6, 6.07) is 5.96. The van der Waals surface area contributed by atoms with Crippen molar-refractivity contribution in [3.63, 3.8) is 0 Å². The monoisotopic (exact) mass is 332 g/mol. The highest BCUT2D eigenvalue weighted by molar-refractivity contribution is 5.91. The fraction of sp³-hybridized carbons (Fsp3) is 0.579. The standard InChI is InChI=1S/C19H28N2O3/c1-4-7-14-8-5-10-16(13(2)3)17(14)20-19(24)21-11-6-9-15(12-21)18(22)23/h5,8,10,13,15H,4,6-7,9,11-12H2,1-3H3,(H,20,24)(H,22,23). The Morgan fingerprint density at radius 1 is 1.38 bits per heavy atom. The van der Waals surface area contributed by atoms with Crippen LogP contribution >= 0.6 is 0 Å². The molecule has 1 fully saturated rings. The predicted molar refractivity (Wildman–Crippen MR) is 95.5 cm³/mol. The molecule has 1 aliphatic heterocycles. The molecule has 2 N–H and O–H groups in total. The number of carbonyl (C=O) groups is 2. The number of nitrogens with one attached hydrogen (secondary N) is 1. The van der Waals surface area contributed by atoms with E-state index in [1.807, 2.05) is 6.07 Å². The van der Waals surface area contributed by atoms with Crippen LogP contribution < -0.4 is 5.32 Å². The van der Waals surface area contributed by atoms with Crippen molar-refractivity contribution in [2.45, 2.75) is 52.4 Å². The van der Waals surface area contributed by atoms with Crippen molar-refractivity contribution in [3.8, 4) is 0 Å². The lowest BCUT2D eigenvalue weighted by atomic mass is 9.95. The first kappa shape index (κ1) is 18.3. The molecule has 0 spiro atoms. The lowest BCUT2D eigenvalue weighted by Gasteiger charge is -2.31. The highest BCUT2D eigenvalue weighted by Gasteiger charge is 2.28. The molecule has 0 aromatic heterocycles. The molecule has 2 amide bonds. The van der Waals surface area contributed by atoms with Gasteiger partial charge >= 0.3 is 12.0 Å². The SMILES string of the molecule is CCCc1cccc(C(C)C)c1NC(=O)N1CCCC(C(=O)O)C1. The van der Waals surface area contributed by atoms with Gasteiger partial charge in [-0.2, -0.15) is 0 Å². The molecule has 1 atom stereocenters. The van der Waals surface area contributed by atoms with E-state index in [1.165, 1.54) is 0 Å². The number of likely N-dealkylation sites (tertiary alicyclic amines) is 1. The lowest BCUT2D eigenvalue weighted by Crippen LogP contribution is -2.44. The van der Waals surface area contributed by atoms with Crippen LogP contribution in [0.1, 0.15) is 57.1 Å². The van der Waals surface area contributed by atoms with Gasteiger partial charge in [-0.3, -0.25) is 4.79 Å². The van der Waals surface area contributed by atoms with Crippen LogP contribution in [0.2, 0.25) is 0 Å². The number of amides is 2. The molecule has 1 aromatic rings. The van der Waals surface area contributed by atoms with E-state index in [4.69, 9.17) is 0 Å². The molecule has 2 rings (SSSR count). The van der Waals surface area contributed by atoms with Gasteiger partial charge in [-0.15, -0.1) is 0 Å². The molecule has 0 radical (unpaired) electrons. The fourth-order valence-corrected chi connectivity index (χ4v) is 3.28. The minimum atomic E-state index is -0.818. The predicted octanol–water partition coefficient (Wildman–Crippen LogP) is 4.09. The van der Waals surface area contributed by atoms with Crippen molar-refractivity contribution in [1.82, 2.24) is 4.90 Å². The van der Waals surface area contributed by atoms with Crippen LogP contribution in [0.4, 0.5) is 10.5 Å². The first-order valence-corrected chi connectivity index (χ1v) is 8.84. The number of carbonyl (C=O) groups excluding carboxylic acids is 1. The summed E-state index contributed by atoms with van der Waals surface area (Å²) in [5.41, 5.74) is 3.17. The second kappa shape index (κ2) is 8.18. The summed E-state index contributed by atoms with van der Waals surface area (Å²) in [5, 5.41) is 12.3. The van der Waals surface area contributed by atoms with E-state index < -0.39 is 11.9 Å². The summed E-state index contributed by atoms with van der Waals surface area (Å²) in [4.78, 5) is 25.5. The van der Waals surface area contributed by atoms with Gasteiger partial charge in [0.1, 0.15) is 0 Å². The average Bonchev–Trinajstić information content (AvgIpc) is 2.56. The number of carboxylic acid groups (broad SMARTS) is 1. The first-order valence-electron chi connectivity index (χ1n) is 8.84. The molecule has 0 aliphatic carbocycles. The van der Waals surface area contributed by atoms with Gasteiger partial charge in [-0.25, -0.2) is 4.79 Å². The van der Waals surface area contributed by atoms with Crippen LogP contribution in [0.5, 0.6) is 0 Å². The molecule has 1 saturated heterocycles. The van der Waals surface area contributed by atoms with E-state index >= 15 is 0 Å². The fourth-order valence-electron chi connectivity index (χ4n) is 3.28. The number of hydrogen-bond donors (Lipinski definition) is 2. The molecule has 5 nitrogen and oxygen atoms in total. The molecule has 0 bridgehead atoms. The van der Waals surface area contributed by atoms with Gasteiger partial charge in [-0.1, -0.05) is 45.4 Å². The lowest BCUT2D eigenvalue weighted by molar-refractivity contribution is -0.143. The number of aryl methyl sites for hydroxylation is 1. The van der Waals surface area contributed by atoms with E-state index in [9.17, 15) is 14.7 Å². The van der Waals surface area contributed by atoms with E-state index in [2.05, 4.69) is 38.2 Å². The summed E-state index contributed by atoms with van der Waals surface area (Å²) in [7, 11) is 0. The number of anilines is 1. The molecule has 0 saturated carbocycles. The Morgan fingerprint density at radius 2 is 2.12 bits per heavy atom. The van der Waals surface area contributed by atoms with Gasteiger partial charge < -0.3 is 15.3 Å². The molecule has 24 heavy (non-hydrogen) atoms. The Bertz CT molecular complexity index is 598. The number of aliphatic carboxylic acids is 1. The van der Waals surface area contributed by atoms with Gasteiger partial charge in [0, 0.05) is 18.8 Å². The topological polar surface area (TPSA) is 69.6 Å². The highest BCUT2D eigenvalue weighted by atomic mass is 16.4. The third-order valence-electron chi connectivity index (χ3n) is 4.61. The van der Waals surface area contributed by atoms with Crippen LogP contribution in [0.25, 0.3) is 0 Å². The number of piperidine rings is 1. The summed E-state index contributed by atoms with van der Waals surface area (Å²) < 4.78 is 0. The Labute approximate surface area is 144 Å². The van der Waals surface area contributed by atoms with Crippen molar-refractivity contribution in [2.24, 2.45) is 5.92 Å². The zero-order valence-corrected chi connectivity index (χ0v) is 14.8. The summed E-state index contributed by atoms with van der Waals surface area (Å²) in [5.74, 6) is -0.966. The Kier molecular flexibility index (Phi) is 6.23. The van der Waals surface area contributed by atoms with Crippen LogP contribution in [-0.2, 0) is 11.2 Å². The Hall–Kier alpha value is -2.04. The van der Waals surface area contributed by atoms with Crippen LogP contribution in [0, 0.1) is 5.92 Å². The van der Waals surface area contributed by atoms with Crippen molar-refractivity contribution >= 4 is 17.7 Å². The minimum absolute atomic E-state index is 0.189. The molecular formula is C19H28N2O3. The highest BCUT2D eigenvalue weighted by Crippen LogP contribution is 2.29. The number of rotatable bonds is 5. The largest absolute Gasteiger partial charge is 0.481 e. The molecule has 1 aliphatic rings. The normalized spacial score (nSPS) is 17.8.